The molecule has 2 atom stereocenters. The molecular weight excluding hydrogens is 186 g/mol. The van der Waals surface area contributed by atoms with Gasteiger partial charge in [-0.1, -0.05) is 30.3 Å². The molecule has 1 aromatic carbocycles. The van der Waals surface area contributed by atoms with Gasteiger partial charge in [0, 0.05) is 5.92 Å². The fourth-order valence-corrected chi connectivity index (χ4v) is 2.50. The third-order valence-electron chi connectivity index (χ3n) is 3.30. The van der Waals surface area contributed by atoms with E-state index in [1.807, 2.05) is 0 Å². The van der Waals surface area contributed by atoms with E-state index in [4.69, 9.17) is 4.84 Å². The third-order valence-corrected chi connectivity index (χ3v) is 3.30. The molecule has 1 aromatic rings. The van der Waals surface area contributed by atoms with E-state index in [1.54, 1.807) is 0 Å². The minimum atomic E-state index is 0.345. The van der Waals surface area contributed by atoms with Gasteiger partial charge in [0.15, 0.2) is 0 Å². The molecule has 1 aliphatic heterocycles. The molecule has 15 heavy (non-hydrogen) atoms. The highest BCUT2D eigenvalue weighted by molar-refractivity contribution is 5.24. The van der Waals surface area contributed by atoms with Crippen LogP contribution >= 0.6 is 0 Å². The van der Waals surface area contributed by atoms with Crippen molar-refractivity contribution in [1.82, 2.24) is 5.48 Å². The van der Waals surface area contributed by atoms with Crippen LogP contribution in [0.15, 0.2) is 42.2 Å². The van der Waals surface area contributed by atoms with Crippen LogP contribution in [-0.4, -0.2) is 0 Å². The van der Waals surface area contributed by atoms with E-state index < -0.39 is 0 Å². The first-order valence-electron chi connectivity index (χ1n) is 5.62. The summed E-state index contributed by atoms with van der Waals surface area (Å²) in [5, 5.41) is 0. The van der Waals surface area contributed by atoms with E-state index in [0.717, 1.165) is 12.2 Å². The lowest BCUT2D eigenvalue weighted by molar-refractivity contribution is 0.134. The zero-order chi connectivity index (χ0) is 10.1. The molecule has 2 unspecified atom stereocenters. The summed E-state index contributed by atoms with van der Waals surface area (Å²) in [6.45, 7) is 0. The molecule has 2 heteroatoms. The van der Waals surface area contributed by atoms with Crippen LogP contribution in [0.25, 0.3) is 0 Å². The SMILES string of the molecule is C1=C2ONC(c3ccccc3)C2CCC1. The lowest BCUT2D eigenvalue weighted by atomic mass is 9.85. The molecule has 1 fully saturated rings. The summed E-state index contributed by atoms with van der Waals surface area (Å²) < 4.78 is 0. The highest BCUT2D eigenvalue weighted by Gasteiger charge is 2.35. The molecule has 2 nitrogen and oxygen atoms in total. The summed E-state index contributed by atoms with van der Waals surface area (Å²) in [6.07, 6.45) is 5.90. The van der Waals surface area contributed by atoms with Crippen molar-refractivity contribution in [2.45, 2.75) is 25.3 Å². The molecule has 0 amide bonds. The zero-order valence-corrected chi connectivity index (χ0v) is 8.65. The molecule has 78 valence electrons. The number of hydrogen-bond acceptors (Lipinski definition) is 2. The van der Waals surface area contributed by atoms with Crippen molar-refractivity contribution < 1.29 is 4.84 Å². The number of hydroxylamine groups is 1. The lowest BCUT2D eigenvalue weighted by Crippen LogP contribution is -2.17. The Balaban J connectivity index is 1.89. The van der Waals surface area contributed by atoms with Crippen molar-refractivity contribution >= 4 is 0 Å². The second kappa shape index (κ2) is 3.70. The summed E-state index contributed by atoms with van der Waals surface area (Å²) in [5.41, 5.74) is 4.47. The van der Waals surface area contributed by atoms with Crippen LogP contribution < -0.4 is 5.48 Å². The number of fused-ring (bicyclic) bond motifs is 1. The zero-order valence-electron chi connectivity index (χ0n) is 8.65. The number of benzene rings is 1. The van der Waals surface area contributed by atoms with Crippen LogP contribution in [0.2, 0.25) is 0 Å². The molecule has 3 rings (SSSR count). The Labute approximate surface area is 89.9 Å². The highest BCUT2D eigenvalue weighted by Crippen LogP contribution is 2.40. The van der Waals surface area contributed by atoms with Crippen LogP contribution in [0.4, 0.5) is 0 Å². The molecule has 0 bridgehead atoms. The fourth-order valence-electron chi connectivity index (χ4n) is 2.50. The molecule has 1 heterocycles. The van der Waals surface area contributed by atoms with Crippen LogP contribution in [0.3, 0.4) is 0 Å². The molecule has 0 spiro atoms. The normalized spacial score (nSPS) is 29.2. The minimum absolute atomic E-state index is 0.345. The Bertz CT molecular complexity index is 371. The number of nitrogens with one attached hydrogen (secondary N) is 1. The van der Waals surface area contributed by atoms with Crippen LogP contribution in [0.1, 0.15) is 30.9 Å². The second-order valence-corrected chi connectivity index (χ2v) is 4.25. The predicted molar refractivity (Wildman–Crippen MR) is 58.8 cm³/mol. The summed E-state index contributed by atoms with van der Waals surface area (Å²) in [4.78, 5) is 5.54. The van der Waals surface area contributed by atoms with Gasteiger partial charge in [-0.05, 0) is 30.9 Å². The molecular formula is C13H15NO. The van der Waals surface area contributed by atoms with Gasteiger partial charge in [-0.25, -0.2) is 0 Å². The monoisotopic (exact) mass is 201 g/mol. The highest BCUT2D eigenvalue weighted by atomic mass is 16.7. The summed E-state index contributed by atoms with van der Waals surface area (Å²) in [5.74, 6) is 1.69. The maximum Gasteiger partial charge on any atom is 0.125 e. The first kappa shape index (κ1) is 8.98. The van der Waals surface area contributed by atoms with Crippen LogP contribution in [0.5, 0.6) is 0 Å². The summed E-state index contributed by atoms with van der Waals surface area (Å²) >= 11 is 0. The smallest absolute Gasteiger partial charge is 0.125 e. The van der Waals surface area contributed by atoms with Gasteiger partial charge >= 0.3 is 0 Å². The Hall–Kier alpha value is -1.28. The van der Waals surface area contributed by atoms with E-state index in [-0.39, 0.29) is 0 Å². The van der Waals surface area contributed by atoms with Crippen molar-refractivity contribution in [3.8, 4) is 0 Å². The Morgan fingerprint density at radius 2 is 2.07 bits per heavy atom. The van der Waals surface area contributed by atoms with Gasteiger partial charge in [-0.3, -0.25) is 0 Å². The summed E-state index contributed by atoms with van der Waals surface area (Å²) in [7, 11) is 0. The number of allylic oxidation sites excluding steroid dienone is 1. The number of rotatable bonds is 1. The van der Waals surface area contributed by atoms with Gasteiger partial charge in [0.2, 0.25) is 0 Å². The van der Waals surface area contributed by atoms with E-state index in [0.29, 0.717) is 12.0 Å². The lowest BCUT2D eigenvalue weighted by Gasteiger charge is -2.19. The van der Waals surface area contributed by atoms with E-state index >= 15 is 0 Å². The van der Waals surface area contributed by atoms with Crippen molar-refractivity contribution in [2.24, 2.45) is 5.92 Å². The molecule has 1 N–H and O–H groups in total. The largest absolute Gasteiger partial charge is 0.413 e. The van der Waals surface area contributed by atoms with Gasteiger partial charge in [-0.2, -0.15) is 0 Å². The standard InChI is InChI=1S/C13H15NO/c1-2-6-10(7-3-1)13-11-8-4-5-9-12(11)15-14-13/h1-3,6-7,9,11,13-14H,4-5,8H2. The van der Waals surface area contributed by atoms with Crippen LogP contribution in [0, 0.1) is 5.92 Å². The Kier molecular flexibility index (Phi) is 2.22. The van der Waals surface area contributed by atoms with Gasteiger partial charge in [-0.15, -0.1) is 5.48 Å². The van der Waals surface area contributed by atoms with Gasteiger partial charge in [0.1, 0.15) is 5.76 Å². The van der Waals surface area contributed by atoms with E-state index in [9.17, 15) is 0 Å². The second-order valence-electron chi connectivity index (χ2n) is 4.25. The first-order chi connectivity index (χ1) is 7.45. The van der Waals surface area contributed by atoms with Crippen molar-refractivity contribution in [1.29, 1.82) is 0 Å². The summed E-state index contributed by atoms with van der Waals surface area (Å²) in [6, 6.07) is 10.9. The first-order valence-corrected chi connectivity index (χ1v) is 5.62. The minimum Gasteiger partial charge on any atom is -0.413 e. The molecule has 0 saturated carbocycles. The van der Waals surface area contributed by atoms with E-state index in [2.05, 4.69) is 41.9 Å². The average molecular weight is 201 g/mol. The topological polar surface area (TPSA) is 21.3 Å². The molecule has 1 aliphatic carbocycles. The Morgan fingerprint density at radius 3 is 2.93 bits per heavy atom. The third kappa shape index (κ3) is 1.55. The van der Waals surface area contributed by atoms with Crippen LogP contribution in [-0.2, 0) is 4.84 Å². The molecule has 0 radical (unpaired) electrons. The maximum atomic E-state index is 5.54. The predicted octanol–water partition coefficient (Wildman–Crippen LogP) is 2.95. The van der Waals surface area contributed by atoms with Crippen molar-refractivity contribution in [2.75, 3.05) is 0 Å². The van der Waals surface area contributed by atoms with Gasteiger partial charge in [0.05, 0.1) is 6.04 Å². The number of hydrogen-bond donors (Lipinski definition) is 1. The molecule has 0 aromatic heterocycles. The average Bonchev–Trinajstić information content (AvgIpc) is 2.74. The van der Waals surface area contributed by atoms with Gasteiger partial charge in [0.25, 0.3) is 0 Å². The van der Waals surface area contributed by atoms with Gasteiger partial charge < -0.3 is 4.84 Å². The van der Waals surface area contributed by atoms with Crippen molar-refractivity contribution in [3.63, 3.8) is 0 Å². The van der Waals surface area contributed by atoms with Crippen molar-refractivity contribution in [3.05, 3.63) is 47.7 Å². The Morgan fingerprint density at radius 1 is 1.20 bits per heavy atom. The molecule has 1 saturated heterocycles. The molecule has 2 aliphatic rings. The van der Waals surface area contributed by atoms with E-state index in [1.165, 1.54) is 18.4 Å². The quantitative estimate of drug-likeness (QED) is 0.754. The maximum absolute atomic E-state index is 5.54. The fraction of sp³-hybridized carbons (Fsp3) is 0.385.